The van der Waals surface area contributed by atoms with Crippen molar-refractivity contribution in [3.8, 4) is 0 Å². The molecule has 0 aliphatic carbocycles. The van der Waals surface area contributed by atoms with Gasteiger partial charge in [0, 0.05) is 36.0 Å². The molecule has 1 atom stereocenters. The minimum absolute atomic E-state index is 0.0526. The molecule has 2 aromatic rings. The number of nitro benzene ring substituents is 1. The summed E-state index contributed by atoms with van der Waals surface area (Å²) in [7, 11) is -3.55. The van der Waals surface area contributed by atoms with Crippen LogP contribution in [0.4, 0.5) is 11.4 Å². The maximum atomic E-state index is 12.8. The number of nitrogens with one attached hydrogen (secondary N) is 1. The topological polar surface area (TPSA) is 110 Å². The molecule has 9 heteroatoms. The Morgan fingerprint density at radius 2 is 1.90 bits per heavy atom. The maximum absolute atomic E-state index is 12.8. The minimum atomic E-state index is -3.55. The maximum Gasteiger partial charge on any atom is 0.272 e. The van der Waals surface area contributed by atoms with Crippen molar-refractivity contribution in [3.63, 3.8) is 0 Å². The summed E-state index contributed by atoms with van der Waals surface area (Å²) >= 11 is 0. The molecule has 1 heterocycles. The number of carbonyl (C=O) groups excluding carboxylic acids is 1. The number of nitro groups is 1. The molecule has 8 nitrogen and oxygen atoms in total. The number of sulfonamides is 1. The number of benzene rings is 2. The van der Waals surface area contributed by atoms with Gasteiger partial charge >= 0.3 is 0 Å². The van der Waals surface area contributed by atoms with Crippen LogP contribution in [0.1, 0.15) is 35.7 Å². The molecular formula is C20H23N3O5S. The molecule has 0 spiro atoms. The van der Waals surface area contributed by atoms with E-state index in [2.05, 4.69) is 5.32 Å². The lowest BCUT2D eigenvalue weighted by atomic mass is 10.0. The molecule has 0 radical (unpaired) electrons. The Bertz CT molecular complexity index is 1030. The predicted molar refractivity (Wildman–Crippen MR) is 109 cm³/mol. The quantitative estimate of drug-likeness (QED) is 0.591. The molecular weight excluding hydrogens is 394 g/mol. The fraction of sp³-hybridized carbons (Fsp3) is 0.350. The summed E-state index contributed by atoms with van der Waals surface area (Å²) in [5.74, 6) is -0.0919. The number of anilines is 1. The number of aryl methyl sites for hydroxylation is 1. The Balaban J connectivity index is 1.73. The van der Waals surface area contributed by atoms with Gasteiger partial charge in [-0.1, -0.05) is 6.92 Å². The number of piperidine rings is 1. The van der Waals surface area contributed by atoms with E-state index in [1.807, 2.05) is 6.92 Å². The smallest absolute Gasteiger partial charge is 0.272 e. The van der Waals surface area contributed by atoms with Crippen molar-refractivity contribution in [1.82, 2.24) is 4.31 Å². The third kappa shape index (κ3) is 4.63. The van der Waals surface area contributed by atoms with E-state index in [1.54, 1.807) is 6.92 Å². The Kier molecular flexibility index (Phi) is 5.99. The summed E-state index contributed by atoms with van der Waals surface area (Å²) in [5, 5.41) is 13.6. The molecule has 1 fully saturated rings. The van der Waals surface area contributed by atoms with Crippen LogP contribution in [0.5, 0.6) is 0 Å². The van der Waals surface area contributed by atoms with Crippen molar-refractivity contribution in [2.75, 3.05) is 18.4 Å². The SMILES string of the molecule is Cc1cc(C(=O)Nc2ccc(S(=O)(=O)N3CCCC(C)C3)cc2)ccc1[N+](=O)[O-]. The molecule has 1 amide bonds. The first-order valence-electron chi connectivity index (χ1n) is 9.35. The van der Waals surface area contributed by atoms with Crippen molar-refractivity contribution in [2.24, 2.45) is 5.92 Å². The highest BCUT2D eigenvalue weighted by Crippen LogP contribution is 2.25. The molecule has 1 unspecified atom stereocenters. The van der Waals surface area contributed by atoms with Crippen LogP contribution in [0.2, 0.25) is 0 Å². The van der Waals surface area contributed by atoms with E-state index in [-0.39, 0.29) is 16.1 Å². The van der Waals surface area contributed by atoms with Gasteiger partial charge in [-0.3, -0.25) is 14.9 Å². The van der Waals surface area contributed by atoms with E-state index < -0.39 is 20.9 Å². The second-order valence-electron chi connectivity index (χ2n) is 7.35. The van der Waals surface area contributed by atoms with Gasteiger partial charge in [0.15, 0.2) is 0 Å². The van der Waals surface area contributed by atoms with Gasteiger partial charge in [-0.2, -0.15) is 4.31 Å². The van der Waals surface area contributed by atoms with Crippen LogP contribution in [0.3, 0.4) is 0 Å². The van der Waals surface area contributed by atoms with E-state index in [4.69, 9.17) is 0 Å². The van der Waals surface area contributed by atoms with Gasteiger partial charge in [-0.15, -0.1) is 0 Å². The first kappa shape index (κ1) is 20.9. The van der Waals surface area contributed by atoms with Gasteiger partial charge in [-0.25, -0.2) is 8.42 Å². The van der Waals surface area contributed by atoms with E-state index in [0.717, 1.165) is 12.8 Å². The van der Waals surface area contributed by atoms with Crippen LogP contribution in [-0.2, 0) is 10.0 Å². The second-order valence-corrected chi connectivity index (χ2v) is 9.29. The van der Waals surface area contributed by atoms with Gasteiger partial charge in [0.2, 0.25) is 10.0 Å². The molecule has 0 bridgehead atoms. The highest BCUT2D eigenvalue weighted by molar-refractivity contribution is 7.89. The Labute approximate surface area is 169 Å². The van der Waals surface area contributed by atoms with Crippen LogP contribution < -0.4 is 5.32 Å². The minimum Gasteiger partial charge on any atom is -0.322 e. The monoisotopic (exact) mass is 417 g/mol. The Morgan fingerprint density at radius 1 is 1.21 bits per heavy atom. The highest BCUT2D eigenvalue weighted by atomic mass is 32.2. The van der Waals surface area contributed by atoms with Crippen molar-refractivity contribution < 1.29 is 18.1 Å². The molecule has 1 saturated heterocycles. The molecule has 1 aliphatic rings. The summed E-state index contributed by atoms with van der Waals surface area (Å²) in [6.07, 6.45) is 1.88. The first-order chi connectivity index (χ1) is 13.7. The number of hydrogen-bond acceptors (Lipinski definition) is 5. The van der Waals surface area contributed by atoms with Gasteiger partial charge in [0.05, 0.1) is 9.82 Å². The summed E-state index contributed by atoms with van der Waals surface area (Å²) < 4.78 is 27.1. The molecule has 154 valence electrons. The van der Waals surface area contributed by atoms with Crippen molar-refractivity contribution >= 4 is 27.3 Å². The molecule has 3 rings (SSSR count). The predicted octanol–water partition coefficient (Wildman–Crippen LogP) is 3.58. The van der Waals surface area contributed by atoms with Crippen LogP contribution >= 0.6 is 0 Å². The zero-order valence-corrected chi connectivity index (χ0v) is 17.1. The summed E-state index contributed by atoms with van der Waals surface area (Å²) in [4.78, 5) is 23.0. The van der Waals surface area contributed by atoms with E-state index in [0.29, 0.717) is 30.3 Å². The molecule has 2 aromatic carbocycles. The van der Waals surface area contributed by atoms with Gasteiger partial charge in [0.25, 0.3) is 11.6 Å². The summed E-state index contributed by atoms with van der Waals surface area (Å²) in [5.41, 5.74) is 1.06. The van der Waals surface area contributed by atoms with Crippen molar-refractivity contribution in [1.29, 1.82) is 0 Å². The van der Waals surface area contributed by atoms with E-state index >= 15 is 0 Å². The lowest BCUT2D eigenvalue weighted by Gasteiger charge is -2.30. The molecule has 1 aliphatic heterocycles. The molecule has 0 saturated carbocycles. The van der Waals surface area contributed by atoms with Crippen molar-refractivity contribution in [3.05, 3.63) is 63.7 Å². The zero-order chi connectivity index (χ0) is 21.2. The van der Waals surface area contributed by atoms with E-state index in [1.165, 1.54) is 46.8 Å². The second kappa shape index (κ2) is 8.30. The third-order valence-electron chi connectivity index (χ3n) is 5.03. The molecule has 0 aromatic heterocycles. The standard InChI is InChI=1S/C20H23N3O5S/c1-14-4-3-11-22(13-14)29(27,28)18-8-6-17(7-9-18)21-20(24)16-5-10-19(23(25)26)15(2)12-16/h5-10,12,14H,3-4,11,13H2,1-2H3,(H,21,24). The van der Waals surface area contributed by atoms with Gasteiger partial charge in [0.1, 0.15) is 0 Å². The Morgan fingerprint density at radius 3 is 2.48 bits per heavy atom. The summed E-state index contributed by atoms with van der Waals surface area (Å²) in [6, 6.07) is 10.2. The zero-order valence-electron chi connectivity index (χ0n) is 16.3. The Hall–Kier alpha value is -2.78. The first-order valence-corrected chi connectivity index (χ1v) is 10.8. The fourth-order valence-corrected chi connectivity index (χ4v) is 5.03. The molecule has 29 heavy (non-hydrogen) atoms. The summed E-state index contributed by atoms with van der Waals surface area (Å²) in [6.45, 7) is 4.64. The number of rotatable bonds is 5. The van der Waals surface area contributed by atoms with Crippen LogP contribution in [0.25, 0.3) is 0 Å². The lowest BCUT2D eigenvalue weighted by molar-refractivity contribution is -0.385. The number of hydrogen-bond donors (Lipinski definition) is 1. The average molecular weight is 417 g/mol. The normalized spacial score (nSPS) is 17.7. The van der Waals surface area contributed by atoms with Gasteiger partial charge < -0.3 is 5.32 Å². The van der Waals surface area contributed by atoms with Gasteiger partial charge in [-0.05, 0) is 62.1 Å². The van der Waals surface area contributed by atoms with E-state index in [9.17, 15) is 23.3 Å². The largest absolute Gasteiger partial charge is 0.322 e. The number of nitrogens with zero attached hydrogens (tertiary/aromatic N) is 2. The molecule has 1 N–H and O–H groups in total. The van der Waals surface area contributed by atoms with Crippen molar-refractivity contribution in [2.45, 2.75) is 31.6 Å². The number of carbonyl (C=O) groups is 1. The number of amides is 1. The van der Waals surface area contributed by atoms with Crippen LogP contribution in [-0.4, -0.2) is 36.6 Å². The lowest BCUT2D eigenvalue weighted by Crippen LogP contribution is -2.39. The van der Waals surface area contributed by atoms with Crippen LogP contribution in [0, 0.1) is 23.0 Å². The highest BCUT2D eigenvalue weighted by Gasteiger charge is 2.28. The average Bonchev–Trinajstić information content (AvgIpc) is 2.68. The third-order valence-corrected chi connectivity index (χ3v) is 6.90. The fourth-order valence-electron chi connectivity index (χ4n) is 3.43. The van der Waals surface area contributed by atoms with Crippen LogP contribution in [0.15, 0.2) is 47.4 Å².